The van der Waals surface area contributed by atoms with Crippen LogP contribution in [0.2, 0.25) is 0 Å². The van der Waals surface area contributed by atoms with Crippen molar-refractivity contribution in [3.63, 3.8) is 0 Å². The number of allylic oxidation sites excluding steroid dienone is 3. The fraction of sp³-hybridized carbons (Fsp3) is 0.529. The molecule has 2 atom stereocenters. The van der Waals surface area contributed by atoms with E-state index in [1.54, 1.807) is 6.07 Å². The van der Waals surface area contributed by atoms with Gasteiger partial charge in [0, 0.05) is 12.2 Å². The highest BCUT2D eigenvalue weighted by atomic mass is 19.1. The summed E-state index contributed by atoms with van der Waals surface area (Å²) in [6.45, 7) is 5.37. The maximum atomic E-state index is 14.9. The van der Waals surface area contributed by atoms with Crippen molar-refractivity contribution in [1.29, 1.82) is 0 Å². The van der Waals surface area contributed by atoms with Crippen molar-refractivity contribution in [1.82, 2.24) is 0 Å². The van der Waals surface area contributed by atoms with Gasteiger partial charge >= 0.3 is 0 Å². The number of ether oxygens (including phenoxy) is 1. The summed E-state index contributed by atoms with van der Waals surface area (Å²) >= 11 is 0. The SMILES string of the molecule is CCCCCOC1CCC(C2C=CC(/C=C/c3ccc(-c4ccc(CCC)cc4)cc3F)CC2)CC1. The van der Waals surface area contributed by atoms with Crippen LogP contribution in [0.3, 0.4) is 0 Å². The van der Waals surface area contributed by atoms with Crippen LogP contribution >= 0.6 is 0 Å². The molecule has 36 heavy (non-hydrogen) atoms. The van der Waals surface area contributed by atoms with E-state index in [1.807, 2.05) is 18.2 Å². The van der Waals surface area contributed by atoms with Crippen molar-refractivity contribution in [2.24, 2.45) is 17.8 Å². The zero-order valence-electron chi connectivity index (χ0n) is 22.4. The van der Waals surface area contributed by atoms with Crippen molar-refractivity contribution in [3.05, 3.63) is 77.6 Å². The van der Waals surface area contributed by atoms with E-state index in [-0.39, 0.29) is 5.82 Å². The van der Waals surface area contributed by atoms with Gasteiger partial charge in [0.2, 0.25) is 0 Å². The number of aryl methyl sites for hydroxylation is 1. The van der Waals surface area contributed by atoms with Crippen LogP contribution in [0.15, 0.2) is 60.7 Å². The number of rotatable bonds is 11. The van der Waals surface area contributed by atoms with Gasteiger partial charge in [-0.3, -0.25) is 0 Å². The van der Waals surface area contributed by atoms with Crippen LogP contribution in [-0.2, 0) is 11.2 Å². The molecular weight excluding hydrogens is 443 g/mol. The van der Waals surface area contributed by atoms with Crippen LogP contribution in [0.4, 0.5) is 4.39 Å². The summed E-state index contributed by atoms with van der Waals surface area (Å²) in [5, 5.41) is 0. The van der Waals surface area contributed by atoms with Gasteiger partial charge in [-0.15, -0.1) is 0 Å². The lowest BCUT2D eigenvalue weighted by Gasteiger charge is -2.34. The predicted molar refractivity (Wildman–Crippen MR) is 151 cm³/mol. The Hall–Kier alpha value is -2.19. The minimum Gasteiger partial charge on any atom is -0.378 e. The summed E-state index contributed by atoms with van der Waals surface area (Å²) in [6, 6.07) is 14.1. The first-order valence-electron chi connectivity index (χ1n) is 14.5. The highest BCUT2D eigenvalue weighted by Crippen LogP contribution is 2.38. The highest BCUT2D eigenvalue weighted by Gasteiger charge is 2.28. The number of hydrogen-bond acceptors (Lipinski definition) is 1. The lowest BCUT2D eigenvalue weighted by atomic mass is 9.74. The molecule has 0 heterocycles. The number of hydrogen-bond donors (Lipinski definition) is 0. The lowest BCUT2D eigenvalue weighted by Crippen LogP contribution is -2.27. The Morgan fingerprint density at radius 3 is 2.28 bits per heavy atom. The topological polar surface area (TPSA) is 9.23 Å². The Morgan fingerprint density at radius 2 is 1.61 bits per heavy atom. The zero-order valence-corrected chi connectivity index (χ0v) is 22.4. The van der Waals surface area contributed by atoms with Gasteiger partial charge in [-0.25, -0.2) is 4.39 Å². The molecule has 1 saturated carbocycles. The van der Waals surface area contributed by atoms with Crippen molar-refractivity contribution >= 4 is 6.08 Å². The first kappa shape index (κ1) is 26.9. The van der Waals surface area contributed by atoms with Gasteiger partial charge in [-0.2, -0.15) is 0 Å². The molecular formula is C34H45FO. The molecule has 0 saturated heterocycles. The average molecular weight is 489 g/mol. The third-order valence-corrected chi connectivity index (χ3v) is 8.21. The maximum absolute atomic E-state index is 14.9. The van der Waals surface area contributed by atoms with E-state index in [2.05, 4.69) is 56.3 Å². The Bertz CT molecular complexity index is 981. The lowest BCUT2D eigenvalue weighted by molar-refractivity contribution is 0.0111. The van der Waals surface area contributed by atoms with E-state index in [9.17, 15) is 4.39 Å². The van der Waals surface area contributed by atoms with E-state index >= 15 is 0 Å². The van der Waals surface area contributed by atoms with Crippen LogP contribution in [-0.4, -0.2) is 12.7 Å². The number of benzene rings is 2. The van der Waals surface area contributed by atoms with Crippen LogP contribution < -0.4 is 0 Å². The minimum absolute atomic E-state index is 0.146. The summed E-state index contributed by atoms with van der Waals surface area (Å²) in [5.74, 6) is 1.77. The van der Waals surface area contributed by atoms with Crippen molar-refractivity contribution < 1.29 is 9.13 Å². The summed E-state index contributed by atoms with van der Waals surface area (Å²) in [5.41, 5.74) is 4.02. The van der Waals surface area contributed by atoms with E-state index in [0.717, 1.165) is 42.9 Å². The Kier molecular flexibility index (Phi) is 10.4. The Morgan fingerprint density at radius 1 is 0.833 bits per heavy atom. The van der Waals surface area contributed by atoms with E-state index in [4.69, 9.17) is 4.74 Å². The van der Waals surface area contributed by atoms with E-state index < -0.39 is 0 Å². The van der Waals surface area contributed by atoms with Crippen LogP contribution in [0.1, 0.15) is 89.2 Å². The first-order valence-corrected chi connectivity index (χ1v) is 14.5. The van der Waals surface area contributed by atoms with Crippen molar-refractivity contribution in [2.75, 3.05) is 6.61 Å². The molecule has 2 heteroatoms. The largest absolute Gasteiger partial charge is 0.378 e. The van der Waals surface area contributed by atoms with Gasteiger partial charge in [0.15, 0.2) is 0 Å². The molecule has 1 nitrogen and oxygen atoms in total. The zero-order chi connectivity index (χ0) is 25.2. The fourth-order valence-electron chi connectivity index (χ4n) is 5.92. The predicted octanol–water partition coefficient (Wildman–Crippen LogP) is 9.81. The molecule has 2 unspecified atom stereocenters. The van der Waals surface area contributed by atoms with E-state index in [1.165, 1.54) is 56.9 Å². The molecule has 0 aliphatic heterocycles. The van der Waals surface area contributed by atoms with Gasteiger partial charge in [0.25, 0.3) is 0 Å². The second-order valence-electron chi connectivity index (χ2n) is 10.9. The third kappa shape index (κ3) is 7.65. The fourth-order valence-corrected chi connectivity index (χ4v) is 5.92. The Labute approximate surface area is 218 Å². The standard InChI is InChI=1S/C34H45FO/c1-3-5-6-24-36-33-22-20-29(21-23-33)28-13-10-27(11-14-28)12-17-31-18-19-32(25-34(31)35)30-15-8-26(7-4-2)9-16-30/h8-10,12-13,15-19,25,27-29,33H,3-7,11,14,20-24H2,1-2H3/b17-12+. The Balaban J connectivity index is 1.25. The molecule has 0 radical (unpaired) electrons. The van der Waals surface area contributed by atoms with Crippen LogP contribution in [0.25, 0.3) is 17.2 Å². The molecule has 2 aromatic carbocycles. The smallest absolute Gasteiger partial charge is 0.131 e. The van der Waals surface area contributed by atoms with Crippen LogP contribution in [0.5, 0.6) is 0 Å². The first-order chi connectivity index (χ1) is 17.7. The molecule has 2 aromatic rings. The van der Waals surface area contributed by atoms with Crippen molar-refractivity contribution in [3.8, 4) is 11.1 Å². The van der Waals surface area contributed by atoms with Gasteiger partial charge in [-0.05, 0) is 91.9 Å². The second-order valence-corrected chi connectivity index (χ2v) is 10.9. The summed E-state index contributed by atoms with van der Waals surface area (Å²) in [4.78, 5) is 0. The molecule has 1 fully saturated rings. The third-order valence-electron chi connectivity index (χ3n) is 8.21. The number of halogens is 1. The molecule has 0 bridgehead atoms. The molecule has 0 N–H and O–H groups in total. The van der Waals surface area contributed by atoms with Crippen LogP contribution in [0, 0.1) is 23.6 Å². The molecule has 0 amide bonds. The normalized spacial score (nSPS) is 24.4. The summed E-state index contributed by atoms with van der Waals surface area (Å²) in [7, 11) is 0. The molecule has 2 aliphatic rings. The average Bonchev–Trinajstić information content (AvgIpc) is 2.92. The highest BCUT2D eigenvalue weighted by molar-refractivity contribution is 5.66. The van der Waals surface area contributed by atoms with Crippen molar-refractivity contribution in [2.45, 2.75) is 90.6 Å². The monoisotopic (exact) mass is 488 g/mol. The number of unbranched alkanes of at least 4 members (excludes halogenated alkanes) is 2. The molecule has 0 aromatic heterocycles. The minimum atomic E-state index is -0.146. The quantitative estimate of drug-likeness (QED) is 0.226. The van der Waals surface area contributed by atoms with Gasteiger partial charge in [0.05, 0.1) is 6.10 Å². The van der Waals surface area contributed by atoms with E-state index in [0.29, 0.717) is 23.5 Å². The second kappa shape index (κ2) is 13.9. The summed E-state index contributed by atoms with van der Waals surface area (Å²) < 4.78 is 21.0. The van der Waals surface area contributed by atoms with Gasteiger partial charge in [0.1, 0.15) is 5.82 Å². The molecule has 4 rings (SSSR count). The summed E-state index contributed by atoms with van der Waals surface area (Å²) in [6.07, 6.45) is 22.9. The maximum Gasteiger partial charge on any atom is 0.131 e. The molecule has 2 aliphatic carbocycles. The van der Waals surface area contributed by atoms with Gasteiger partial charge < -0.3 is 4.74 Å². The molecule has 0 spiro atoms. The van der Waals surface area contributed by atoms with Gasteiger partial charge in [-0.1, -0.05) is 93.8 Å². The molecule has 194 valence electrons.